The Morgan fingerprint density at radius 1 is 0.930 bits per heavy atom. The molecule has 1 aliphatic heterocycles. The number of amides is 4. The van der Waals surface area contributed by atoms with Gasteiger partial charge < -0.3 is 34.8 Å². The molecule has 2 unspecified atom stereocenters. The van der Waals surface area contributed by atoms with Crippen molar-refractivity contribution in [2.24, 2.45) is 5.41 Å². The maximum atomic E-state index is 14.0. The molecule has 71 heavy (non-hydrogen) atoms. The molecule has 374 valence electrons. The van der Waals surface area contributed by atoms with Gasteiger partial charge in [0.1, 0.15) is 30.0 Å². The predicted molar refractivity (Wildman–Crippen MR) is 273 cm³/mol. The summed E-state index contributed by atoms with van der Waals surface area (Å²) in [5.41, 5.74) is 4.82. The molecule has 4 aromatic carbocycles. The van der Waals surface area contributed by atoms with Gasteiger partial charge in [-0.2, -0.15) is 18.4 Å². The van der Waals surface area contributed by atoms with Crippen LogP contribution in [0.25, 0.3) is 21.6 Å². The number of aromatic nitrogens is 1. The minimum atomic E-state index is -4.78. The summed E-state index contributed by atoms with van der Waals surface area (Å²) >= 11 is 6.89. The van der Waals surface area contributed by atoms with Gasteiger partial charge in [-0.05, 0) is 104 Å². The van der Waals surface area contributed by atoms with Gasteiger partial charge in [-0.15, -0.1) is 11.3 Å². The van der Waals surface area contributed by atoms with E-state index in [0.717, 1.165) is 49.9 Å². The maximum absolute atomic E-state index is 14.0. The Morgan fingerprint density at radius 2 is 1.56 bits per heavy atom. The number of nitriles is 1. The van der Waals surface area contributed by atoms with Gasteiger partial charge in [0.25, 0.3) is 5.91 Å². The third-order valence-corrected chi connectivity index (χ3v) is 13.5. The highest BCUT2D eigenvalue weighted by atomic mass is 32.1. The number of anilines is 2. The SMILES string of the molecule is Cc1ncsc1-c1ccc(CNC(=O)C2CCCN2C(=O)C(NC(=O)COCCCOc2ccc(-c3ccc(N(C=S)C(C)(C)C(=O)N(C)c4ccc(C#N)c(C(F)(F)F)c4)cc3)cc2)C(C)(C)C)cc1. The van der Waals surface area contributed by atoms with Crippen LogP contribution in [0.5, 0.6) is 5.75 Å². The van der Waals surface area contributed by atoms with Gasteiger partial charge in [0.05, 0.1) is 52.0 Å². The summed E-state index contributed by atoms with van der Waals surface area (Å²) in [4.78, 5) is 63.9. The van der Waals surface area contributed by atoms with Crippen molar-refractivity contribution in [2.75, 3.05) is 43.2 Å². The monoisotopic (exact) mass is 1010 g/mol. The Bertz CT molecular complexity index is 2730. The molecule has 1 saturated heterocycles. The number of benzene rings is 4. The molecule has 1 aromatic heterocycles. The number of nitrogens with zero attached hydrogens (tertiary/aromatic N) is 5. The lowest BCUT2D eigenvalue weighted by molar-refractivity contribution is -0.144. The second-order valence-corrected chi connectivity index (χ2v) is 19.9. The van der Waals surface area contributed by atoms with Crippen molar-refractivity contribution in [3.63, 3.8) is 0 Å². The Kier molecular flexibility index (Phi) is 17.4. The lowest BCUT2D eigenvalue weighted by Gasteiger charge is -2.38. The van der Waals surface area contributed by atoms with E-state index >= 15 is 0 Å². The summed E-state index contributed by atoms with van der Waals surface area (Å²) in [6, 6.07) is 25.9. The third-order valence-electron chi connectivity index (χ3n) is 12.3. The summed E-state index contributed by atoms with van der Waals surface area (Å²) in [6.07, 6.45) is -3.08. The van der Waals surface area contributed by atoms with Gasteiger partial charge in [-0.3, -0.25) is 19.2 Å². The number of ether oxygens (including phenoxy) is 2. The second kappa shape index (κ2) is 23.0. The van der Waals surface area contributed by atoms with E-state index in [4.69, 9.17) is 21.7 Å². The number of alkyl halides is 3. The van der Waals surface area contributed by atoms with E-state index in [-0.39, 0.29) is 30.7 Å². The van der Waals surface area contributed by atoms with Gasteiger partial charge in [0, 0.05) is 37.9 Å². The van der Waals surface area contributed by atoms with Crippen molar-refractivity contribution in [3.8, 4) is 33.4 Å². The van der Waals surface area contributed by atoms with Crippen LogP contribution in [0.4, 0.5) is 24.5 Å². The van der Waals surface area contributed by atoms with Crippen LogP contribution >= 0.6 is 23.6 Å². The zero-order valence-corrected chi connectivity index (χ0v) is 42.4. The maximum Gasteiger partial charge on any atom is 0.417 e. The fourth-order valence-electron chi connectivity index (χ4n) is 8.27. The van der Waals surface area contributed by atoms with Crippen LogP contribution in [0.15, 0.2) is 96.5 Å². The number of thiocarbonyl (C=S) groups is 1. The normalized spacial score (nSPS) is 14.3. The first-order valence-electron chi connectivity index (χ1n) is 23.1. The number of halogens is 3. The average molecular weight is 1010 g/mol. The smallest absolute Gasteiger partial charge is 0.417 e. The molecule has 0 spiro atoms. The van der Waals surface area contributed by atoms with E-state index in [9.17, 15) is 37.6 Å². The summed E-state index contributed by atoms with van der Waals surface area (Å²) in [7, 11) is 1.37. The van der Waals surface area contributed by atoms with Crippen molar-refractivity contribution in [1.29, 1.82) is 5.26 Å². The fourth-order valence-corrected chi connectivity index (χ4v) is 9.47. The second-order valence-electron chi connectivity index (χ2n) is 18.8. The molecule has 13 nitrogen and oxygen atoms in total. The van der Waals surface area contributed by atoms with Gasteiger partial charge in [-0.1, -0.05) is 81.5 Å². The molecule has 6 rings (SSSR count). The average Bonchev–Trinajstić information content (AvgIpc) is 4.02. The zero-order chi connectivity index (χ0) is 51.7. The molecule has 0 aliphatic carbocycles. The van der Waals surface area contributed by atoms with Crippen molar-refractivity contribution in [3.05, 3.63) is 119 Å². The highest BCUT2D eigenvalue weighted by Gasteiger charge is 2.42. The fraction of sp³-hybridized carbons (Fsp3) is 0.377. The van der Waals surface area contributed by atoms with Crippen LogP contribution in [0.3, 0.4) is 0 Å². The molecule has 5 aromatic rings. The first-order chi connectivity index (χ1) is 33.6. The molecule has 0 saturated carbocycles. The van der Waals surface area contributed by atoms with Crippen molar-refractivity contribution < 1.29 is 41.8 Å². The molecule has 0 radical (unpaired) electrons. The molecule has 1 aliphatic rings. The number of nitrogens with one attached hydrogen (secondary N) is 2. The van der Waals surface area contributed by atoms with Gasteiger partial charge in [0.2, 0.25) is 17.7 Å². The van der Waals surface area contributed by atoms with E-state index in [2.05, 4.69) is 15.6 Å². The molecule has 2 atom stereocenters. The summed E-state index contributed by atoms with van der Waals surface area (Å²) in [5, 5.41) is 15.0. The van der Waals surface area contributed by atoms with E-state index < -0.39 is 52.2 Å². The highest BCUT2D eigenvalue weighted by Crippen LogP contribution is 2.36. The van der Waals surface area contributed by atoms with Crippen LogP contribution in [-0.4, -0.2) is 90.0 Å². The Balaban J connectivity index is 0.937. The number of likely N-dealkylation sites (tertiary alicyclic amines) is 1. The predicted octanol–water partition coefficient (Wildman–Crippen LogP) is 9.51. The Hall–Kier alpha value is -6.68. The minimum Gasteiger partial charge on any atom is -0.494 e. The van der Waals surface area contributed by atoms with E-state index in [1.807, 2.05) is 93.9 Å². The van der Waals surface area contributed by atoms with Gasteiger partial charge >= 0.3 is 6.18 Å². The van der Waals surface area contributed by atoms with Crippen LogP contribution in [-0.2, 0) is 36.6 Å². The first-order valence-corrected chi connectivity index (χ1v) is 24.4. The Morgan fingerprint density at radius 3 is 2.15 bits per heavy atom. The van der Waals surface area contributed by atoms with Crippen LogP contribution in [0, 0.1) is 23.7 Å². The van der Waals surface area contributed by atoms with Crippen molar-refractivity contribution in [2.45, 2.75) is 91.1 Å². The number of rotatable bonds is 19. The molecular formula is C53H58F3N7O6S2. The number of thiazole rings is 1. The largest absolute Gasteiger partial charge is 0.494 e. The number of carbonyl (C=O) groups is 4. The lowest BCUT2D eigenvalue weighted by atomic mass is 9.85. The number of carbonyl (C=O) groups excluding carboxylic acids is 4. The van der Waals surface area contributed by atoms with E-state index in [1.54, 1.807) is 53.2 Å². The number of hydrogen-bond acceptors (Lipinski definition) is 10. The number of hydrogen-bond donors (Lipinski definition) is 2. The number of likely N-dealkylation sites (N-methyl/N-ethyl adjacent to an activating group) is 1. The van der Waals surface area contributed by atoms with Crippen LogP contribution in [0.1, 0.15) is 76.3 Å². The molecule has 1 fully saturated rings. The molecule has 2 N–H and O–H groups in total. The van der Waals surface area contributed by atoms with Gasteiger partial charge in [-0.25, -0.2) is 4.98 Å². The Labute approximate surface area is 422 Å². The van der Waals surface area contributed by atoms with Crippen LogP contribution in [0.2, 0.25) is 0 Å². The van der Waals surface area contributed by atoms with E-state index in [0.29, 0.717) is 50.4 Å². The topological polar surface area (TPSA) is 157 Å². The lowest BCUT2D eigenvalue weighted by Crippen LogP contribution is -2.58. The van der Waals surface area contributed by atoms with Crippen molar-refractivity contribution in [1.82, 2.24) is 20.5 Å². The van der Waals surface area contributed by atoms with Crippen LogP contribution < -0.4 is 25.2 Å². The minimum absolute atomic E-state index is 0.0234. The summed E-state index contributed by atoms with van der Waals surface area (Å²) in [6.45, 7) is 11.9. The molecule has 4 amide bonds. The molecule has 2 heterocycles. The number of aryl methyl sites for hydroxylation is 1. The summed E-state index contributed by atoms with van der Waals surface area (Å²) < 4.78 is 52.6. The van der Waals surface area contributed by atoms with E-state index in [1.165, 1.54) is 18.6 Å². The molecule has 18 heteroatoms. The third kappa shape index (κ3) is 13.2. The molecule has 0 bridgehead atoms. The molecular weight excluding hydrogens is 952 g/mol. The quantitative estimate of drug-likeness (QED) is 0.0603. The standard InChI is InChI=1S/C53H58F3N7O6S2/c1-34-46(71-32-59-34)38-13-11-35(12-14-38)30-58-48(65)44-10-8-25-62(44)49(66)47(51(2,3)4)60-45(64)31-68-26-9-27-69-42-23-18-37(19-24-42)36-15-20-40(21-16-36)63(33-70)52(5,6)50(67)61(7)41-22-17-39(29-57)43(28-41)53(54,55)56/h11-24,28,32-33,44,47H,8-10,25-27,30-31H2,1-7H3,(H,58,65)(H,60,64). The summed E-state index contributed by atoms with van der Waals surface area (Å²) in [5.74, 6) is -0.880. The highest BCUT2D eigenvalue weighted by molar-refractivity contribution is 7.79. The van der Waals surface area contributed by atoms with Gasteiger partial charge in [0.15, 0.2) is 0 Å². The first kappa shape index (κ1) is 53.7. The van der Waals surface area contributed by atoms with Crippen molar-refractivity contribution >= 4 is 64.0 Å². The zero-order valence-electron chi connectivity index (χ0n) is 40.8.